The standard InChI is InChI=1S/C21H28N6O4S3.2C18H20FN5O2S2/c1-4-5-17-14(12-32-21-26-18(22)11-19(23)27-21)25-20(33-17)13-6-7-15(30-2)16(10-13)31-9-8-24-34(3,28)29;1-10-12(9-27-18-23-15(20)8-16(21)24-18)22-17(28-10)11-3-4-13(26-6-5-19)14(7-11)25-2;1-10-12(9-27-18-23-15(20)8-16(21)24-18)22-17(28-10)11-3-4-13(25-2)14(7-11)26-6-5-19/h6-7,10-11,24H,4-5,8-9,12H2,1-3H3,(H4,22,23,26,27);2*3-4,7-8H,5-6,9H2,1-2H3,(H4,20,21,23,24)/i12D2;;. The number of anilines is 6. The molecule has 0 saturated carbocycles. The summed E-state index contributed by atoms with van der Waals surface area (Å²) in [5.74, 6) is 5.84. The lowest BCUT2D eigenvalue weighted by Gasteiger charge is -2.12. The van der Waals surface area contributed by atoms with Crippen LogP contribution in [0.2, 0.25) is 0 Å². The van der Waals surface area contributed by atoms with E-state index >= 15 is 0 Å². The molecular weight excluding hydrogens is 1300 g/mol. The van der Waals surface area contributed by atoms with Crippen LogP contribution in [0.25, 0.3) is 31.7 Å². The summed E-state index contributed by atoms with van der Waals surface area (Å²) in [5.41, 5.74) is 37.0. The summed E-state index contributed by atoms with van der Waals surface area (Å²) in [5, 5.41) is 3.45. The molecule has 0 spiro atoms. The molecule has 0 bridgehead atoms. The quantitative estimate of drug-likeness (QED) is 0.0136. The average Bonchev–Trinajstić information content (AvgIpc) is 1.64. The van der Waals surface area contributed by atoms with E-state index in [0.717, 1.165) is 71.6 Å². The van der Waals surface area contributed by atoms with Crippen LogP contribution in [0.15, 0.2) is 88.3 Å². The number of sulfonamides is 1. The van der Waals surface area contributed by atoms with Crippen molar-refractivity contribution in [3.63, 3.8) is 0 Å². The van der Waals surface area contributed by atoms with E-state index in [1.54, 1.807) is 61.2 Å². The maximum absolute atomic E-state index is 12.5. The Morgan fingerprint density at radius 1 is 0.511 bits per heavy atom. The van der Waals surface area contributed by atoms with Gasteiger partial charge in [0.1, 0.15) is 83.1 Å². The fourth-order valence-electron chi connectivity index (χ4n) is 7.69. The molecule has 0 atom stereocenters. The molecule has 0 saturated heterocycles. The van der Waals surface area contributed by atoms with Crippen LogP contribution < -0.4 is 67.5 Å². The predicted molar refractivity (Wildman–Crippen MR) is 358 cm³/mol. The van der Waals surface area contributed by atoms with Crippen molar-refractivity contribution in [3.8, 4) is 66.2 Å². The van der Waals surface area contributed by atoms with E-state index in [-0.39, 0.29) is 48.9 Å². The third-order valence-corrected chi connectivity index (χ3v) is 18.1. The van der Waals surface area contributed by atoms with E-state index in [4.69, 9.17) is 75.5 Å². The SMILES string of the molecule is COc1cc(-c2nc(CSc3nc(N)cc(N)n3)c(C)s2)ccc1OCCF.COc1ccc(-c2nc(CSc3nc(N)cc(N)n3)c(C)s2)cc1OCCF.[2H]C([2H])(Sc1nc(N)cc(N)n1)c1nc(-c2ccc(OC)c(OCCNS(C)(=O)=O)c2)sc1CCC. The molecule has 90 heavy (non-hydrogen) atoms. The molecule has 0 amide bonds. The van der Waals surface area contributed by atoms with Gasteiger partial charge >= 0.3 is 0 Å². The summed E-state index contributed by atoms with van der Waals surface area (Å²) in [4.78, 5) is 41.9. The molecule has 0 fully saturated rings. The number of nitrogens with zero attached hydrogens (tertiary/aromatic N) is 9. The van der Waals surface area contributed by atoms with Crippen LogP contribution in [0.5, 0.6) is 34.5 Å². The van der Waals surface area contributed by atoms with E-state index in [1.807, 2.05) is 51.1 Å². The highest BCUT2D eigenvalue weighted by molar-refractivity contribution is 7.98. The molecule has 3 aromatic carbocycles. The zero-order valence-corrected chi connectivity index (χ0v) is 55.6. The molecule has 6 heterocycles. The van der Waals surface area contributed by atoms with Gasteiger partial charge in [-0.15, -0.1) is 34.0 Å². The van der Waals surface area contributed by atoms with Gasteiger partial charge < -0.3 is 62.8 Å². The van der Waals surface area contributed by atoms with Crippen molar-refractivity contribution in [2.45, 2.75) is 66.3 Å². The summed E-state index contributed by atoms with van der Waals surface area (Å²) < 4.78 is 99.7. The van der Waals surface area contributed by atoms with Gasteiger partial charge in [-0.2, -0.15) is 0 Å². The lowest BCUT2D eigenvalue weighted by Crippen LogP contribution is -2.26. The summed E-state index contributed by atoms with van der Waals surface area (Å²) in [7, 11) is 1.28. The molecule has 13 N–H and O–H groups in total. The highest BCUT2D eigenvalue weighted by Crippen LogP contribution is 2.40. The number of rotatable bonds is 28. The Hall–Kier alpha value is -7.79. The highest BCUT2D eigenvalue weighted by Gasteiger charge is 2.19. The van der Waals surface area contributed by atoms with E-state index in [2.05, 4.69) is 39.6 Å². The number of nitrogens with one attached hydrogen (secondary N) is 1. The maximum atomic E-state index is 12.5. The molecule has 24 nitrogen and oxygen atoms in total. The van der Waals surface area contributed by atoms with Crippen molar-refractivity contribution in [3.05, 3.63) is 105 Å². The monoisotopic (exact) mass is 1370 g/mol. The second-order valence-electron chi connectivity index (χ2n) is 18.6. The first-order chi connectivity index (χ1) is 43.9. The molecule has 9 aromatic rings. The van der Waals surface area contributed by atoms with Crippen molar-refractivity contribution in [2.24, 2.45) is 0 Å². The Labute approximate surface area is 547 Å². The molecule has 0 aliphatic heterocycles. The smallest absolute Gasteiger partial charge is 0.208 e. The molecule has 0 radical (unpaired) electrons. The molecule has 0 unspecified atom stereocenters. The van der Waals surface area contributed by atoms with Gasteiger partial charge in [0.2, 0.25) is 10.0 Å². The Bertz CT molecular complexity index is 4000. The molecule has 480 valence electrons. The molecule has 0 aliphatic carbocycles. The van der Waals surface area contributed by atoms with E-state index in [0.29, 0.717) is 96.6 Å². The van der Waals surface area contributed by atoms with Crippen LogP contribution in [0.4, 0.5) is 43.7 Å². The van der Waals surface area contributed by atoms with Gasteiger partial charge in [-0.3, -0.25) is 0 Å². The number of ether oxygens (including phenoxy) is 6. The number of thiazole rings is 3. The second-order valence-corrected chi connectivity index (χ2v) is 26.5. The van der Waals surface area contributed by atoms with Gasteiger partial charge in [-0.05, 0) is 74.9 Å². The third kappa shape index (κ3) is 20.9. The Morgan fingerprint density at radius 2 is 0.889 bits per heavy atom. The van der Waals surface area contributed by atoms with E-state index < -0.39 is 29.1 Å². The van der Waals surface area contributed by atoms with Crippen LogP contribution in [0.1, 0.15) is 47.8 Å². The molecule has 0 aliphatic rings. The summed E-state index contributed by atoms with van der Waals surface area (Å²) in [6.45, 7) is 5.07. The van der Waals surface area contributed by atoms with Crippen molar-refractivity contribution in [1.82, 2.24) is 49.6 Å². The van der Waals surface area contributed by atoms with Gasteiger partial charge in [0.15, 0.2) is 50.0 Å². The zero-order chi connectivity index (χ0) is 66.7. The van der Waals surface area contributed by atoms with E-state index in [9.17, 15) is 17.2 Å². The third-order valence-electron chi connectivity index (χ3n) is 11.7. The molecule has 33 heteroatoms. The number of thioether (sulfide) groups is 3. The fourth-order valence-corrected chi connectivity index (χ4v) is 13.8. The number of hydrogen-bond acceptors (Lipinski definition) is 29. The maximum Gasteiger partial charge on any atom is 0.208 e. The van der Waals surface area contributed by atoms with Crippen LogP contribution in [0, 0.1) is 13.8 Å². The largest absolute Gasteiger partial charge is 0.493 e. The second kappa shape index (κ2) is 33.9. The number of aryl methyl sites for hydroxylation is 3. The van der Waals surface area contributed by atoms with Gasteiger partial charge in [-0.25, -0.2) is 66.8 Å². The first-order valence-electron chi connectivity index (χ1n) is 28.0. The van der Waals surface area contributed by atoms with Crippen molar-refractivity contribution in [1.29, 1.82) is 0 Å². The predicted octanol–water partition coefficient (Wildman–Crippen LogP) is 10.4. The van der Waals surface area contributed by atoms with Crippen molar-refractivity contribution in [2.75, 3.05) is 102 Å². The lowest BCUT2D eigenvalue weighted by atomic mass is 10.2. The number of halogens is 2. The first kappa shape index (κ1) is 66.6. The van der Waals surface area contributed by atoms with Gasteiger partial charge in [0.25, 0.3) is 0 Å². The average molecular weight is 1370 g/mol. The topological polar surface area (TPSA) is 374 Å². The molecule has 9 rings (SSSR count). The lowest BCUT2D eigenvalue weighted by molar-refractivity contribution is 0.260. The molecular formula is C57H68F2N16O8S7. The van der Waals surface area contributed by atoms with Gasteiger partial charge in [0.05, 0.1) is 44.7 Å². The van der Waals surface area contributed by atoms with Crippen molar-refractivity contribution < 1.29 is 48.4 Å². The van der Waals surface area contributed by atoms with Crippen LogP contribution in [0.3, 0.4) is 0 Å². The molecule has 6 aromatic heterocycles. The summed E-state index contributed by atoms with van der Waals surface area (Å²) >= 11 is 8.18. The van der Waals surface area contributed by atoms with E-state index in [1.165, 1.54) is 60.2 Å². The Morgan fingerprint density at radius 3 is 1.30 bits per heavy atom. The Kier molecular flexibility index (Phi) is 25.1. The number of nitrogen functional groups attached to an aromatic ring is 6. The highest BCUT2D eigenvalue weighted by atomic mass is 32.2. The first-order valence-corrected chi connectivity index (χ1v) is 34.1. The zero-order valence-electron chi connectivity index (χ0n) is 51.9. The number of alkyl halides is 2. The van der Waals surface area contributed by atoms with Crippen LogP contribution in [-0.4, -0.2) is 121 Å². The van der Waals surface area contributed by atoms with Crippen LogP contribution in [-0.2, 0) is 33.7 Å². The number of methoxy groups -OCH3 is 3. The fraction of sp³-hybridized carbons (Fsp3) is 0.316. The number of hydrogen-bond donors (Lipinski definition) is 7. The minimum absolute atomic E-state index is 0.00990. The Balaban J connectivity index is 0.000000198. The minimum atomic E-state index is -3.32. The van der Waals surface area contributed by atoms with Gasteiger partial charge in [-0.1, -0.05) is 48.6 Å². The summed E-state index contributed by atoms with van der Waals surface area (Å²) in [6.07, 6.45) is 2.53. The number of nitrogens with two attached hydrogens (primary N) is 6. The van der Waals surface area contributed by atoms with Crippen molar-refractivity contribution >= 4 is 114 Å². The number of benzene rings is 3. The van der Waals surface area contributed by atoms with Crippen LogP contribution >= 0.6 is 69.3 Å². The van der Waals surface area contributed by atoms with Gasteiger partial charge in [0, 0.05) is 76.0 Å². The summed E-state index contributed by atoms with van der Waals surface area (Å²) in [6, 6.07) is 20.7. The normalized spacial score (nSPS) is 11.6. The minimum Gasteiger partial charge on any atom is -0.493 e. The number of aromatic nitrogens is 9.